The lowest BCUT2D eigenvalue weighted by molar-refractivity contribution is -0.127. The second-order valence-electron chi connectivity index (χ2n) is 5.68. The molecule has 2 aromatic rings. The molecule has 1 saturated heterocycles. The molecule has 0 aromatic heterocycles. The van der Waals surface area contributed by atoms with Crippen molar-refractivity contribution >= 4 is 41.1 Å². The molecule has 8 heteroatoms. The first kappa shape index (κ1) is 19.1. The van der Waals surface area contributed by atoms with Crippen LogP contribution in [-0.4, -0.2) is 30.2 Å². The molecule has 1 amide bonds. The van der Waals surface area contributed by atoms with Crippen LogP contribution in [-0.2, 0) is 4.79 Å². The number of thiocarbonyl (C=S) groups is 1. The maximum Gasteiger partial charge on any atom is 0.280 e. The van der Waals surface area contributed by atoms with Crippen LogP contribution in [0.2, 0.25) is 0 Å². The number of carbonyl (C=O) groups excluding carboxylic acids is 1. The predicted molar refractivity (Wildman–Crippen MR) is 111 cm³/mol. The molecule has 1 fully saturated rings. The lowest BCUT2D eigenvalue weighted by Gasteiger charge is -2.24. The molecule has 0 radical (unpaired) electrons. The Morgan fingerprint density at radius 2 is 1.67 bits per heavy atom. The summed E-state index contributed by atoms with van der Waals surface area (Å²) in [6, 6.07) is 15.0. The average Bonchev–Trinajstić information content (AvgIpc) is 2.98. The van der Waals surface area contributed by atoms with Crippen molar-refractivity contribution in [2.24, 2.45) is 5.73 Å². The van der Waals surface area contributed by atoms with E-state index < -0.39 is 0 Å². The zero-order valence-corrected chi connectivity index (χ0v) is 16.5. The van der Waals surface area contributed by atoms with Crippen molar-refractivity contribution in [2.45, 2.75) is 5.37 Å². The molecule has 140 valence electrons. The Morgan fingerprint density at radius 1 is 1.11 bits per heavy atom. The largest absolute Gasteiger partial charge is 0.497 e. The Labute approximate surface area is 167 Å². The number of nitrogens with one attached hydrogen (secondary N) is 1. The van der Waals surface area contributed by atoms with Gasteiger partial charge in [-0.1, -0.05) is 36.0 Å². The van der Waals surface area contributed by atoms with E-state index in [-0.39, 0.29) is 16.4 Å². The van der Waals surface area contributed by atoms with Crippen molar-refractivity contribution in [3.63, 3.8) is 0 Å². The van der Waals surface area contributed by atoms with Crippen molar-refractivity contribution in [1.29, 1.82) is 0 Å². The summed E-state index contributed by atoms with van der Waals surface area (Å²) in [7, 11) is 3.22. The van der Waals surface area contributed by atoms with Crippen LogP contribution < -0.4 is 20.6 Å². The number of nitrogens with two attached hydrogens (primary N) is 1. The third-order valence-electron chi connectivity index (χ3n) is 3.95. The number of carbonyl (C=O) groups is 1. The molecule has 3 N–H and O–H groups in total. The van der Waals surface area contributed by atoms with E-state index in [4.69, 9.17) is 27.4 Å². The fraction of sp³-hybridized carbons (Fsp3) is 0.158. The number of methoxy groups -OCH3 is 2. The van der Waals surface area contributed by atoms with Gasteiger partial charge in [0.05, 0.1) is 19.1 Å². The highest BCUT2D eigenvalue weighted by molar-refractivity contribution is 8.04. The Morgan fingerprint density at radius 3 is 2.19 bits per heavy atom. The maximum absolute atomic E-state index is 12.9. The number of thioether (sulfide) groups is 1. The van der Waals surface area contributed by atoms with Gasteiger partial charge in [-0.25, -0.2) is 5.01 Å². The molecule has 6 nitrogen and oxygen atoms in total. The van der Waals surface area contributed by atoms with Gasteiger partial charge in [-0.2, -0.15) is 0 Å². The summed E-state index contributed by atoms with van der Waals surface area (Å²) in [5.74, 6) is 1.32. The van der Waals surface area contributed by atoms with Gasteiger partial charge in [0.25, 0.3) is 5.91 Å². The summed E-state index contributed by atoms with van der Waals surface area (Å²) in [6.07, 6.45) is 1.84. The predicted octanol–water partition coefficient (Wildman–Crippen LogP) is 3.07. The highest BCUT2D eigenvalue weighted by atomic mass is 32.2. The Balaban J connectivity index is 1.91. The first-order valence-corrected chi connectivity index (χ1v) is 9.36. The van der Waals surface area contributed by atoms with Gasteiger partial charge < -0.3 is 15.2 Å². The molecule has 0 spiro atoms. The van der Waals surface area contributed by atoms with E-state index >= 15 is 0 Å². The molecule has 1 aliphatic rings. The van der Waals surface area contributed by atoms with Crippen LogP contribution in [0.15, 0.2) is 53.4 Å². The molecular formula is C19H19N3O3S2. The Bertz CT molecular complexity index is 867. The van der Waals surface area contributed by atoms with Gasteiger partial charge in [-0.15, -0.1) is 0 Å². The number of benzene rings is 2. The number of hydrogen-bond donors (Lipinski definition) is 2. The molecule has 27 heavy (non-hydrogen) atoms. The van der Waals surface area contributed by atoms with E-state index in [1.165, 1.54) is 16.8 Å². The lowest BCUT2D eigenvalue weighted by Crippen LogP contribution is -2.46. The summed E-state index contributed by atoms with van der Waals surface area (Å²) in [6.45, 7) is 0. The fourth-order valence-electron chi connectivity index (χ4n) is 2.61. The molecule has 0 aliphatic carbocycles. The minimum atomic E-state index is -0.297. The van der Waals surface area contributed by atoms with Gasteiger partial charge in [0.1, 0.15) is 16.9 Å². The Hall–Kier alpha value is -2.71. The molecule has 1 aliphatic heterocycles. The number of rotatable bonds is 5. The van der Waals surface area contributed by atoms with Crippen molar-refractivity contribution in [1.82, 2.24) is 10.4 Å². The minimum Gasteiger partial charge on any atom is -0.497 e. The van der Waals surface area contributed by atoms with Crippen molar-refractivity contribution in [3.8, 4) is 11.5 Å². The number of ether oxygens (including phenoxy) is 2. The second kappa shape index (κ2) is 8.32. The van der Waals surface area contributed by atoms with E-state index in [0.717, 1.165) is 22.6 Å². The SMILES string of the molecule is COc1ccc(/C=C2/SC(c3ccc(OC)cc3)N(NC(N)=S)C2=O)cc1. The van der Waals surface area contributed by atoms with Gasteiger partial charge in [0.15, 0.2) is 5.11 Å². The van der Waals surface area contributed by atoms with Crippen LogP contribution >= 0.6 is 24.0 Å². The molecule has 1 atom stereocenters. The molecule has 0 saturated carbocycles. The molecule has 1 heterocycles. The number of hydrazine groups is 1. The number of hydrogen-bond acceptors (Lipinski definition) is 5. The van der Waals surface area contributed by atoms with E-state index in [1.807, 2.05) is 54.6 Å². The third-order valence-corrected chi connectivity index (χ3v) is 5.29. The molecular weight excluding hydrogens is 382 g/mol. The minimum absolute atomic E-state index is 0.0353. The van der Waals surface area contributed by atoms with Crippen LogP contribution in [0.1, 0.15) is 16.5 Å². The van der Waals surface area contributed by atoms with E-state index in [2.05, 4.69) is 5.43 Å². The number of nitrogens with zero attached hydrogens (tertiary/aromatic N) is 1. The van der Waals surface area contributed by atoms with Crippen LogP contribution in [0, 0.1) is 0 Å². The number of amides is 1. The van der Waals surface area contributed by atoms with Gasteiger partial charge in [-0.05, 0) is 53.7 Å². The summed E-state index contributed by atoms with van der Waals surface area (Å²) in [4.78, 5) is 13.5. The van der Waals surface area contributed by atoms with Gasteiger partial charge in [0.2, 0.25) is 0 Å². The van der Waals surface area contributed by atoms with Crippen LogP contribution in [0.25, 0.3) is 6.08 Å². The quantitative estimate of drug-likeness (QED) is 0.589. The lowest BCUT2D eigenvalue weighted by atomic mass is 10.2. The maximum atomic E-state index is 12.9. The summed E-state index contributed by atoms with van der Waals surface area (Å²) < 4.78 is 10.4. The zero-order valence-electron chi connectivity index (χ0n) is 14.8. The monoisotopic (exact) mass is 401 g/mol. The first-order chi connectivity index (χ1) is 13.0. The third kappa shape index (κ3) is 4.35. The normalized spacial score (nSPS) is 17.9. The smallest absolute Gasteiger partial charge is 0.280 e. The average molecular weight is 402 g/mol. The summed E-state index contributed by atoms with van der Waals surface area (Å²) in [5, 5.41) is 1.19. The van der Waals surface area contributed by atoms with Crippen LogP contribution in [0.3, 0.4) is 0 Å². The Kier molecular flexibility index (Phi) is 5.88. The van der Waals surface area contributed by atoms with Crippen LogP contribution in [0.5, 0.6) is 11.5 Å². The molecule has 0 bridgehead atoms. The molecule has 2 aromatic carbocycles. The van der Waals surface area contributed by atoms with E-state index in [0.29, 0.717) is 4.91 Å². The topological polar surface area (TPSA) is 76.8 Å². The fourth-order valence-corrected chi connectivity index (χ4v) is 3.90. The van der Waals surface area contributed by atoms with Gasteiger partial charge in [-0.3, -0.25) is 10.2 Å². The van der Waals surface area contributed by atoms with E-state index in [9.17, 15) is 4.79 Å². The van der Waals surface area contributed by atoms with Gasteiger partial charge in [0, 0.05) is 0 Å². The van der Waals surface area contributed by atoms with Crippen LogP contribution in [0.4, 0.5) is 0 Å². The molecule has 1 unspecified atom stereocenters. The standard InChI is InChI=1S/C19H19N3O3S2/c1-24-14-7-3-12(4-8-14)11-16-17(23)22(21-19(20)26)18(27-16)13-5-9-15(25-2)10-6-13/h3-11,18H,1-2H3,(H3,20,21,26)/b16-11+. The first-order valence-electron chi connectivity index (χ1n) is 8.08. The summed E-state index contributed by atoms with van der Waals surface area (Å²) >= 11 is 6.36. The highest BCUT2D eigenvalue weighted by Crippen LogP contribution is 2.45. The highest BCUT2D eigenvalue weighted by Gasteiger charge is 2.37. The zero-order chi connectivity index (χ0) is 19.4. The van der Waals surface area contributed by atoms with Gasteiger partial charge >= 0.3 is 0 Å². The molecule has 3 rings (SSSR count). The van der Waals surface area contributed by atoms with Crippen molar-refractivity contribution < 1.29 is 14.3 Å². The van der Waals surface area contributed by atoms with E-state index in [1.54, 1.807) is 14.2 Å². The van der Waals surface area contributed by atoms with Crippen molar-refractivity contribution in [3.05, 3.63) is 64.6 Å². The second-order valence-corrected chi connectivity index (χ2v) is 7.24. The van der Waals surface area contributed by atoms with Crippen molar-refractivity contribution in [2.75, 3.05) is 14.2 Å². The summed E-state index contributed by atoms with van der Waals surface area (Å²) in [5.41, 5.74) is 10.2.